The van der Waals surface area contributed by atoms with Crippen molar-refractivity contribution in [3.63, 3.8) is 0 Å². The van der Waals surface area contributed by atoms with Gasteiger partial charge in [-0.05, 0) is 17.7 Å². The zero-order valence-electron chi connectivity index (χ0n) is 7.33. The Hall–Kier alpha value is -0.350. The number of nitrogens with zero attached hydrogens (tertiary/aromatic N) is 1. The second kappa shape index (κ2) is 3.66. The molecule has 1 saturated heterocycles. The van der Waals surface area contributed by atoms with Gasteiger partial charge >= 0.3 is 0 Å². The van der Waals surface area contributed by atoms with E-state index in [1.54, 1.807) is 12.1 Å². The van der Waals surface area contributed by atoms with Gasteiger partial charge in [0.05, 0.1) is 6.61 Å². The molecule has 1 N–H and O–H groups in total. The monoisotopic (exact) mass is 233 g/mol. The zero-order valence-corrected chi connectivity index (χ0v) is 8.85. The van der Waals surface area contributed by atoms with E-state index in [-0.39, 0.29) is 16.9 Å². The van der Waals surface area contributed by atoms with Crippen molar-refractivity contribution in [1.29, 1.82) is 0 Å². The molecule has 1 aliphatic heterocycles. The third kappa shape index (κ3) is 1.86. The van der Waals surface area contributed by atoms with Crippen LogP contribution in [0, 0.1) is 0 Å². The van der Waals surface area contributed by atoms with Crippen LogP contribution >= 0.6 is 23.2 Å². The Bertz CT molecular complexity index is 330. The Morgan fingerprint density at radius 1 is 1.36 bits per heavy atom. The summed E-state index contributed by atoms with van der Waals surface area (Å²) in [4.78, 5) is 3.82. The molecule has 3 nitrogen and oxygen atoms in total. The number of halogens is 2. The highest BCUT2D eigenvalue weighted by atomic mass is 35.5. The van der Waals surface area contributed by atoms with Crippen LogP contribution in [0.5, 0.6) is 0 Å². The molecule has 1 unspecified atom stereocenters. The van der Waals surface area contributed by atoms with Crippen molar-refractivity contribution >= 4 is 23.2 Å². The molecule has 14 heavy (non-hydrogen) atoms. The van der Waals surface area contributed by atoms with Crippen LogP contribution in [0.4, 0.5) is 0 Å². The quantitative estimate of drug-likeness (QED) is 0.755. The van der Waals surface area contributed by atoms with Crippen LogP contribution in [0.1, 0.15) is 12.0 Å². The molecule has 2 rings (SSSR count). The molecule has 0 aliphatic carbocycles. The fourth-order valence-electron chi connectivity index (χ4n) is 1.52. The fraction of sp³-hybridized carbons (Fsp3) is 0.444. The van der Waals surface area contributed by atoms with E-state index in [0.717, 1.165) is 0 Å². The van der Waals surface area contributed by atoms with Crippen molar-refractivity contribution in [2.45, 2.75) is 12.0 Å². The van der Waals surface area contributed by atoms with Gasteiger partial charge in [-0.25, -0.2) is 4.98 Å². The van der Waals surface area contributed by atoms with Crippen molar-refractivity contribution in [1.82, 2.24) is 4.98 Å². The highest BCUT2D eigenvalue weighted by Crippen LogP contribution is 2.32. The summed E-state index contributed by atoms with van der Waals surface area (Å²) in [6, 6.07) is 3.23. The summed E-state index contributed by atoms with van der Waals surface area (Å²) in [5, 5.41) is 10.7. The van der Waals surface area contributed by atoms with Gasteiger partial charge in [-0.3, -0.25) is 0 Å². The maximum absolute atomic E-state index is 10.1. The minimum Gasteiger partial charge on any atom is -0.383 e. The Labute approximate surface area is 91.6 Å². The van der Waals surface area contributed by atoms with Gasteiger partial charge < -0.3 is 9.84 Å². The van der Waals surface area contributed by atoms with Gasteiger partial charge in [0.15, 0.2) is 0 Å². The molecule has 76 valence electrons. The molecule has 0 radical (unpaired) electrons. The summed E-state index contributed by atoms with van der Waals surface area (Å²) < 4.78 is 5.14. The Morgan fingerprint density at radius 2 is 2.00 bits per heavy atom. The van der Waals surface area contributed by atoms with Crippen molar-refractivity contribution < 1.29 is 9.84 Å². The highest BCUT2D eigenvalue weighted by molar-refractivity contribution is 6.32. The van der Waals surface area contributed by atoms with E-state index in [4.69, 9.17) is 27.9 Å². The van der Waals surface area contributed by atoms with Crippen LogP contribution in [0.15, 0.2) is 12.1 Å². The minimum atomic E-state index is -0.962. The lowest BCUT2D eigenvalue weighted by atomic mass is 9.94. The Morgan fingerprint density at radius 3 is 2.50 bits per heavy atom. The number of hydrogen-bond donors (Lipinski definition) is 1. The Kier molecular flexibility index (Phi) is 2.66. The molecule has 0 aromatic carbocycles. The first-order valence-corrected chi connectivity index (χ1v) is 4.99. The van der Waals surface area contributed by atoms with Crippen molar-refractivity contribution in [2.75, 3.05) is 13.2 Å². The largest absolute Gasteiger partial charge is 0.383 e. The van der Waals surface area contributed by atoms with Crippen LogP contribution in [-0.2, 0) is 10.3 Å². The van der Waals surface area contributed by atoms with E-state index < -0.39 is 5.60 Å². The molecule has 1 fully saturated rings. The lowest BCUT2D eigenvalue weighted by Gasteiger charge is -2.20. The van der Waals surface area contributed by atoms with E-state index in [2.05, 4.69) is 4.98 Å². The van der Waals surface area contributed by atoms with Crippen LogP contribution < -0.4 is 0 Å². The lowest BCUT2D eigenvalue weighted by Crippen LogP contribution is -2.25. The molecule has 1 aliphatic rings. The summed E-state index contributed by atoms with van der Waals surface area (Å²) in [7, 11) is 0. The van der Waals surface area contributed by atoms with Gasteiger partial charge in [-0.1, -0.05) is 23.2 Å². The normalized spacial score (nSPS) is 26.8. The van der Waals surface area contributed by atoms with Crippen molar-refractivity contribution in [3.05, 3.63) is 28.0 Å². The average molecular weight is 234 g/mol. The third-order valence-corrected chi connectivity index (χ3v) is 2.69. The molecule has 1 atom stereocenters. The maximum Gasteiger partial charge on any atom is 0.131 e. The second-order valence-corrected chi connectivity index (χ2v) is 4.11. The number of rotatable bonds is 1. The lowest BCUT2D eigenvalue weighted by molar-refractivity contribution is 0.0231. The highest BCUT2D eigenvalue weighted by Gasteiger charge is 2.34. The summed E-state index contributed by atoms with van der Waals surface area (Å²) in [5.74, 6) is 0. The van der Waals surface area contributed by atoms with Gasteiger partial charge in [0, 0.05) is 13.0 Å². The van der Waals surface area contributed by atoms with Crippen molar-refractivity contribution in [2.24, 2.45) is 0 Å². The molecule has 0 bridgehead atoms. The number of ether oxygens (including phenoxy) is 1. The van der Waals surface area contributed by atoms with Gasteiger partial charge in [-0.15, -0.1) is 0 Å². The van der Waals surface area contributed by atoms with Gasteiger partial charge in [0.25, 0.3) is 0 Å². The van der Waals surface area contributed by atoms with E-state index in [9.17, 15) is 5.11 Å². The first kappa shape index (κ1) is 10.2. The summed E-state index contributed by atoms with van der Waals surface area (Å²) in [6.45, 7) is 0.831. The number of hydrogen-bond acceptors (Lipinski definition) is 3. The van der Waals surface area contributed by atoms with Crippen LogP contribution in [0.2, 0.25) is 10.3 Å². The molecule has 0 saturated carbocycles. The van der Waals surface area contributed by atoms with Crippen LogP contribution in [-0.4, -0.2) is 23.3 Å². The molecular formula is C9H9Cl2NO2. The average Bonchev–Trinajstić information content (AvgIpc) is 2.52. The second-order valence-electron chi connectivity index (χ2n) is 3.34. The molecule has 2 heterocycles. The van der Waals surface area contributed by atoms with E-state index in [1.807, 2.05) is 0 Å². The molecule has 1 aromatic heterocycles. The van der Waals surface area contributed by atoms with Crippen molar-refractivity contribution in [3.8, 4) is 0 Å². The predicted octanol–water partition coefficient (Wildman–Crippen LogP) is 2.00. The topological polar surface area (TPSA) is 42.4 Å². The SMILES string of the molecule is OC1(c2cc(Cl)nc(Cl)c2)CCOC1. The van der Waals surface area contributed by atoms with E-state index in [0.29, 0.717) is 18.6 Å². The number of aromatic nitrogens is 1. The third-order valence-electron chi connectivity index (χ3n) is 2.30. The van der Waals surface area contributed by atoms with E-state index in [1.165, 1.54) is 0 Å². The molecule has 0 amide bonds. The summed E-state index contributed by atoms with van der Waals surface area (Å²) in [5.41, 5.74) is -0.295. The first-order valence-electron chi connectivity index (χ1n) is 4.24. The van der Waals surface area contributed by atoms with Crippen LogP contribution in [0.25, 0.3) is 0 Å². The maximum atomic E-state index is 10.1. The number of pyridine rings is 1. The predicted molar refractivity (Wildman–Crippen MR) is 53.6 cm³/mol. The van der Waals surface area contributed by atoms with Crippen LogP contribution in [0.3, 0.4) is 0 Å². The minimum absolute atomic E-state index is 0.281. The zero-order chi connectivity index (χ0) is 10.2. The first-order chi connectivity index (χ1) is 6.60. The molecule has 0 spiro atoms. The van der Waals surface area contributed by atoms with Gasteiger partial charge in [0.2, 0.25) is 0 Å². The van der Waals surface area contributed by atoms with E-state index >= 15 is 0 Å². The van der Waals surface area contributed by atoms with Gasteiger partial charge in [0.1, 0.15) is 15.9 Å². The smallest absolute Gasteiger partial charge is 0.131 e. The summed E-state index contributed by atoms with van der Waals surface area (Å²) >= 11 is 11.5. The molecule has 5 heteroatoms. The number of aliphatic hydroxyl groups is 1. The summed E-state index contributed by atoms with van der Waals surface area (Å²) in [6.07, 6.45) is 0.559. The fourth-order valence-corrected chi connectivity index (χ4v) is 1.98. The standard InChI is InChI=1S/C9H9Cl2NO2/c10-7-3-6(4-8(11)12-7)9(13)1-2-14-5-9/h3-4,13H,1-2,5H2. The molecule has 1 aromatic rings. The Balaban J connectivity index is 2.40. The van der Waals surface area contributed by atoms with Gasteiger partial charge in [-0.2, -0.15) is 0 Å². The molecular weight excluding hydrogens is 225 g/mol.